The number of benzene rings is 1. The number of carbonyl (C=O) groups is 2. The van der Waals surface area contributed by atoms with E-state index in [2.05, 4.69) is 5.32 Å². The van der Waals surface area contributed by atoms with Crippen LogP contribution in [-0.4, -0.2) is 36.3 Å². The lowest BCUT2D eigenvalue weighted by atomic mass is 10.0. The van der Waals surface area contributed by atoms with E-state index in [9.17, 15) is 9.59 Å². The summed E-state index contributed by atoms with van der Waals surface area (Å²) in [5.74, 6) is -0.628. The number of piperazine rings is 1. The SMILES string of the molecule is NC(=O)c1csc(C(=O)N2CCNCC2c2ccccc2Cl)c1. The highest BCUT2D eigenvalue weighted by atomic mass is 35.5. The zero-order valence-corrected chi connectivity index (χ0v) is 13.9. The average molecular weight is 350 g/mol. The largest absolute Gasteiger partial charge is 0.366 e. The van der Waals surface area contributed by atoms with Crippen molar-refractivity contribution in [1.29, 1.82) is 0 Å². The third kappa shape index (κ3) is 3.24. The van der Waals surface area contributed by atoms with Crippen molar-refractivity contribution in [2.45, 2.75) is 6.04 Å². The van der Waals surface area contributed by atoms with E-state index in [0.29, 0.717) is 28.6 Å². The number of hydrogen-bond acceptors (Lipinski definition) is 4. The van der Waals surface area contributed by atoms with Crippen LogP contribution in [0.5, 0.6) is 0 Å². The molecule has 1 saturated heterocycles. The molecule has 0 spiro atoms. The van der Waals surface area contributed by atoms with Gasteiger partial charge in [0.25, 0.3) is 5.91 Å². The average Bonchev–Trinajstić information content (AvgIpc) is 3.05. The first-order chi connectivity index (χ1) is 11.1. The van der Waals surface area contributed by atoms with Gasteiger partial charge in [-0.2, -0.15) is 0 Å². The Bertz CT molecular complexity index is 746. The number of halogens is 1. The van der Waals surface area contributed by atoms with E-state index in [1.807, 2.05) is 24.3 Å². The van der Waals surface area contributed by atoms with Gasteiger partial charge in [0.05, 0.1) is 16.5 Å². The van der Waals surface area contributed by atoms with Crippen molar-refractivity contribution in [1.82, 2.24) is 10.2 Å². The summed E-state index contributed by atoms with van der Waals surface area (Å²) >= 11 is 7.53. The van der Waals surface area contributed by atoms with Gasteiger partial charge in [-0.1, -0.05) is 29.8 Å². The van der Waals surface area contributed by atoms with Gasteiger partial charge in [-0.25, -0.2) is 0 Å². The van der Waals surface area contributed by atoms with Gasteiger partial charge in [0.2, 0.25) is 5.91 Å². The fourth-order valence-electron chi connectivity index (χ4n) is 2.69. The first kappa shape index (κ1) is 16.0. The molecule has 0 aliphatic carbocycles. The molecule has 0 bridgehead atoms. The Hall–Kier alpha value is -1.89. The minimum atomic E-state index is -0.525. The Kier molecular flexibility index (Phi) is 4.66. The van der Waals surface area contributed by atoms with Crippen LogP contribution in [0.15, 0.2) is 35.7 Å². The molecule has 5 nitrogen and oxygen atoms in total. The Morgan fingerprint density at radius 1 is 1.35 bits per heavy atom. The highest BCUT2D eigenvalue weighted by Crippen LogP contribution is 2.30. The lowest BCUT2D eigenvalue weighted by Crippen LogP contribution is -2.48. The quantitative estimate of drug-likeness (QED) is 0.892. The van der Waals surface area contributed by atoms with Gasteiger partial charge < -0.3 is 16.0 Å². The maximum Gasteiger partial charge on any atom is 0.264 e. The molecule has 1 aliphatic heterocycles. The van der Waals surface area contributed by atoms with Crippen LogP contribution in [0.25, 0.3) is 0 Å². The number of thiophene rings is 1. The Morgan fingerprint density at radius 3 is 2.83 bits per heavy atom. The van der Waals surface area contributed by atoms with Crippen LogP contribution >= 0.6 is 22.9 Å². The van der Waals surface area contributed by atoms with Crippen LogP contribution in [0.1, 0.15) is 31.6 Å². The third-order valence-corrected chi connectivity index (χ3v) is 5.13. The topological polar surface area (TPSA) is 75.4 Å². The maximum atomic E-state index is 12.8. The van der Waals surface area contributed by atoms with Crippen molar-refractivity contribution in [3.05, 3.63) is 56.7 Å². The predicted molar refractivity (Wildman–Crippen MR) is 90.9 cm³/mol. The van der Waals surface area contributed by atoms with Crippen LogP contribution in [0.2, 0.25) is 5.02 Å². The molecular formula is C16H16ClN3O2S. The zero-order chi connectivity index (χ0) is 16.4. The summed E-state index contributed by atoms with van der Waals surface area (Å²) in [6, 6.07) is 8.96. The van der Waals surface area contributed by atoms with E-state index in [1.54, 1.807) is 16.3 Å². The number of hydrogen-bond donors (Lipinski definition) is 2. The van der Waals surface area contributed by atoms with E-state index >= 15 is 0 Å². The van der Waals surface area contributed by atoms with Crippen molar-refractivity contribution in [2.75, 3.05) is 19.6 Å². The molecule has 120 valence electrons. The van der Waals surface area contributed by atoms with E-state index < -0.39 is 5.91 Å². The molecule has 7 heteroatoms. The molecule has 1 unspecified atom stereocenters. The number of primary amides is 1. The molecule has 2 heterocycles. The van der Waals surface area contributed by atoms with Crippen molar-refractivity contribution < 1.29 is 9.59 Å². The molecule has 23 heavy (non-hydrogen) atoms. The van der Waals surface area contributed by atoms with Crippen molar-refractivity contribution in [3.63, 3.8) is 0 Å². The normalized spacial score (nSPS) is 18.0. The van der Waals surface area contributed by atoms with Gasteiger partial charge in [0.1, 0.15) is 0 Å². The maximum absolute atomic E-state index is 12.8. The summed E-state index contributed by atoms with van der Waals surface area (Å²) in [4.78, 5) is 26.4. The van der Waals surface area contributed by atoms with Crippen LogP contribution in [0, 0.1) is 0 Å². The van der Waals surface area contributed by atoms with E-state index in [0.717, 1.165) is 12.1 Å². The predicted octanol–water partition coefficient (Wildman–Crippen LogP) is 2.29. The van der Waals surface area contributed by atoms with Crippen LogP contribution in [0.3, 0.4) is 0 Å². The number of nitrogens with one attached hydrogen (secondary N) is 1. The highest BCUT2D eigenvalue weighted by molar-refractivity contribution is 7.12. The van der Waals surface area contributed by atoms with Gasteiger partial charge in [0.15, 0.2) is 0 Å². The monoisotopic (exact) mass is 349 g/mol. The number of rotatable bonds is 3. The molecule has 1 aromatic heterocycles. The molecule has 1 aliphatic rings. The summed E-state index contributed by atoms with van der Waals surface area (Å²) in [7, 11) is 0. The van der Waals surface area contributed by atoms with E-state index in [4.69, 9.17) is 17.3 Å². The molecule has 0 radical (unpaired) electrons. The second-order valence-electron chi connectivity index (χ2n) is 5.30. The van der Waals surface area contributed by atoms with Crippen molar-refractivity contribution >= 4 is 34.8 Å². The van der Waals surface area contributed by atoms with Crippen LogP contribution < -0.4 is 11.1 Å². The minimum Gasteiger partial charge on any atom is -0.366 e. The molecule has 1 atom stereocenters. The second-order valence-corrected chi connectivity index (χ2v) is 6.62. The number of nitrogens with two attached hydrogens (primary N) is 1. The fraction of sp³-hybridized carbons (Fsp3) is 0.250. The Labute approximate surface area is 143 Å². The summed E-state index contributed by atoms with van der Waals surface area (Å²) in [6.45, 7) is 1.95. The van der Waals surface area contributed by atoms with Gasteiger partial charge in [-0.15, -0.1) is 11.3 Å². The number of amides is 2. The summed E-state index contributed by atoms with van der Waals surface area (Å²) in [5.41, 5.74) is 6.54. The number of carbonyl (C=O) groups excluding carboxylic acids is 2. The third-order valence-electron chi connectivity index (χ3n) is 3.86. The van der Waals surface area contributed by atoms with Gasteiger partial charge >= 0.3 is 0 Å². The highest BCUT2D eigenvalue weighted by Gasteiger charge is 2.30. The number of nitrogens with zero attached hydrogens (tertiary/aromatic N) is 1. The van der Waals surface area contributed by atoms with Crippen LogP contribution in [-0.2, 0) is 0 Å². The smallest absolute Gasteiger partial charge is 0.264 e. The summed E-state index contributed by atoms with van der Waals surface area (Å²) in [5, 5.41) is 5.55. The molecule has 2 amide bonds. The van der Waals surface area contributed by atoms with Gasteiger partial charge in [-0.05, 0) is 17.7 Å². The zero-order valence-electron chi connectivity index (χ0n) is 12.3. The molecular weight excluding hydrogens is 334 g/mol. The molecule has 1 fully saturated rings. The molecule has 0 saturated carbocycles. The van der Waals surface area contributed by atoms with Crippen molar-refractivity contribution in [2.24, 2.45) is 5.73 Å². The van der Waals surface area contributed by atoms with Crippen molar-refractivity contribution in [3.8, 4) is 0 Å². The van der Waals surface area contributed by atoms with Gasteiger partial charge in [-0.3, -0.25) is 9.59 Å². The first-order valence-corrected chi connectivity index (χ1v) is 8.48. The Morgan fingerprint density at radius 2 is 2.13 bits per heavy atom. The Balaban J connectivity index is 1.90. The lowest BCUT2D eigenvalue weighted by Gasteiger charge is -2.36. The first-order valence-electron chi connectivity index (χ1n) is 7.22. The molecule has 2 aromatic rings. The van der Waals surface area contributed by atoms with Crippen LogP contribution in [0.4, 0.5) is 0 Å². The van der Waals surface area contributed by atoms with E-state index in [-0.39, 0.29) is 11.9 Å². The summed E-state index contributed by atoms with van der Waals surface area (Å²) in [6.07, 6.45) is 0. The second kappa shape index (κ2) is 6.70. The lowest BCUT2D eigenvalue weighted by molar-refractivity contribution is 0.0639. The van der Waals surface area contributed by atoms with E-state index in [1.165, 1.54) is 11.3 Å². The molecule has 1 aromatic carbocycles. The standard InChI is InChI=1S/C16H16ClN3O2S/c17-12-4-2-1-3-11(12)13-8-19-5-6-20(13)16(22)14-7-10(9-23-14)15(18)21/h1-4,7,9,13,19H,5-6,8H2,(H2,18,21). The van der Waals surface area contributed by atoms with Gasteiger partial charge in [0, 0.05) is 30.0 Å². The molecule has 3 N–H and O–H groups in total. The fourth-order valence-corrected chi connectivity index (χ4v) is 3.80. The summed E-state index contributed by atoms with van der Waals surface area (Å²) < 4.78 is 0. The minimum absolute atomic E-state index is 0.103. The molecule has 3 rings (SSSR count).